The fourth-order valence-corrected chi connectivity index (χ4v) is 0.968. The zero-order valence-electron chi connectivity index (χ0n) is 6.79. The normalized spacial score (nSPS) is 9.23. The maximum atomic E-state index is 11.1. The van der Waals surface area contributed by atoms with Gasteiger partial charge < -0.3 is 10.1 Å². The Morgan fingerprint density at radius 2 is 2.31 bits per heavy atom. The Morgan fingerprint density at radius 3 is 2.77 bits per heavy atom. The molecule has 0 aliphatic carbocycles. The number of aromatic amines is 1. The highest BCUT2D eigenvalue weighted by atomic mass is 16.4. The second-order valence-electron chi connectivity index (χ2n) is 2.49. The van der Waals surface area contributed by atoms with E-state index in [0.29, 0.717) is 5.69 Å². The van der Waals surface area contributed by atoms with Crippen LogP contribution in [0, 0.1) is 18.3 Å². The second kappa shape index (κ2) is 3.11. The third kappa shape index (κ3) is 1.56. The van der Waals surface area contributed by atoms with Gasteiger partial charge in [0.2, 0.25) is 0 Å². The van der Waals surface area contributed by atoms with Gasteiger partial charge in [0.15, 0.2) is 0 Å². The Kier molecular flexibility index (Phi) is 2.15. The van der Waals surface area contributed by atoms with Crippen LogP contribution in [0.3, 0.4) is 0 Å². The molecule has 0 radical (unpaired) electrons. The standard InChI is InChI=1S/C8H6N2O3/c1-4-2-5(8(12)13)6(3-9)7(11)10-4/h2H,1H3,(H,10,11)(H,12,13). The van der Waals surface area contributed by atoms with E-state index in [0.717, 1.165) is 0 Å². The van der Waals surface area contributed by atoms with Crippen LogP contribution in [0.2, 0.25) is 0 Å². The van der Waals surface area contributed by atoms with Crippen molar-refractivity contribution in [3.8, 4) is 6.07 Å². The zero-order valence-corrected chi connectivity index (χ0v) is 6.79. The number of nitrogens with zero attached hydrogens (tertiary/aromatic N) is 1. The van der Waals surface area contributed by atoms with E-state index < -0.39 is 11.5 Å². The van der Waals surface area contributed by atoms with E-state index in [2.05, 4.69) is 4.98 Å². The Balaban J connectivity index is 3.60. The monoisotopic (exact) mass is 178 g/mol. The minimum absolute atomic E-state index is 0.260. The van der Waals surface area contributed by atoms with Crippen molar-refractivity contribution < 1.29 is 9.90 Å². The maximum absolute atomic E-state index is 11.1. The number of rotatable bonds is 1. The van der Waals surface area contributed by atoms with E-state index in [4.69, 9.17) is 10.4 Å². The average molecular weight is 178 g/mol. The summed E-state index contributed by atoms with van der Waals surface area (Å²) in [5.74, 6) is -1.27. The fraction of sp³-hybridized carbons (Fsp3) is 0.125. The summed E-state index contributed by atoms with van der Waals surface area (Å²) < 4.78 is 0. The summed E-state index contributed by atoms with van der Waals surface area (Å²) >= 11 is 0. The highest BCUT2D eigenvalue weighted by Gasteiger charge is 2.13. The van der Waals surface area contributed by atoms with Gasteiger partial charge in [0.1, 0.15) is 11.6 Å². The molecule has 1 heterocycles. The second-order valence-corrected chi connectivity index (χ2v) is 2.49. The first kappa shape index (κ1) is 9.00. The van der Waals surface area contributed by atoms with E-state index in [-0.39, 0.29) is 11.1 Å². The number of nitrogens with one attached hydrogen (secondary N) is 1. The average Bonchev–Trinajstić information content (AvgIpc) is 2.02. The molecule has 0 saturated heterocycles. The first-order valence-electron chi connectivity index (χ1n) is 3.43. The topological polar surface area (TPSA) is 93.9 Å². The van der Waals surface area contributed by atoms with E-state index in [1.165, 1.54) is 6.07 Å². The van der Waals surface area contributed by atoms with Crippen molar-refractivity contribution in [2.75, 3.05) is 0 Å². The molecular weight excluding hydrogens is 172 g/mol. The number of carboxylic acid groups (broad SMARTS) is 1. The number of pyridine rings is 1. The van der Waals surface area contributed by atoms with Crippen LogP contribution >= 0.6 is 0 Å². The minimum Gasteiger partial charge on any atom is -0.478 e. The van der Waals surface area contributed by atoms with Gasteiger partial charge in [0.05, 0.1) is 5.56 Å². The summed E-state index contributed by atoms with van der Waals surface area (Å²) in [5.41, 5.74) is -0.872. The molecule has 0 spiro atoms. The van der Waals surface area contributed by atoms with E-state index in [1.807, 2.05) is 0 Å². The summed E-state index contributed by atoms with van der Waals surface area (Å²) in [6.07, 6.45) is 0. The molecule has 0 saturated carbocycles. The van der Waals surface area contributed by atoms with Gasteiger partial charge in [0, 0.05) is 5.69 Å². The first-order chi connectivity index (χ1) is 6.06. The summed E-state index contributed by atoms with van der Waals surface area (Å²) in [6.45, 7) is 1.55. The van der Waals surface area contributed by atoms with Crippen LogP contribution in [0.25, 0.3) is 0 Å². The molecule has 5 heteroatoms. The SMILES string of the molecule is Cc1cc(C(=O)O)c(C#N)c(=O)[nH]1. The molecule has 0 fully saturated rings. The molecule has 0 bridgehead atoms. The van der Waals surface area contributed by atoms with Crippen molar-refractivity contribution in [3.05, 3.63) is 33.2 Å². The number of aromatic nitrogens is 1. The Hall–Kier alpha value is -2.09. The molecule has 66 valence electrons. The van der Waals surface area contributed by atoms with Crippen LogP contribution in [0.1, 0.15) is 21.6 Å². The predicted molar refractivity (Wildman–Crippen MR) is 43.5 cm³/mol. The molecule has 13 heavy (non-hydrogen) atoms. The Bertz CT molecular complexity index is 453. The van der Waals surface area contributed by atoms with Crippen LogP contribution in [0.15, 0.2) is 10.9 Å². The third-order valence-corrected chi connectivity index (χ3v) is 1.51. The lowest BCUT2D eigenvalue weighted by molar-refractivity contribution is 0.0696. The fourth-order valence-electron chi connectivity index (χ4n) is 0.968. The van der Waals surface area contributed by atoms with Gasteiger partial charge in [-0.05, 0) is 13.0 Å². The molecule has 2 N–H and O–H groups in total. The van der Waals surface area contributed by atoms with Crippen molar-refractivity contribution in [1.82, 2.24) is 4.98 Å². The lowest BCUT2D eigenvalue weighted by Crippen LogP contribution is -2.17. The number of aryl methyl sites for hydroxylation is 1. The molecule has 0 unspecified atom stereocenters. The van der Waals surface area contributed by atoms with E-state index in [9.17, 15) is 9.59 Å². The third-order valence-electron chi connectivity index (χ3n) is 1.51. The van der Waals surface area contributed by atoms with Gasteiger partial charge in [0.25, 0.3) is 5.56 Å². The summed E-state index contributed by atoms with van der Waals surface area (Å²) in [7, 11) is 0. The van der Waals surface area contributed by atoms with Gasteiger partial charge in [-0.25, -0.2) is 4.79 Å². The van der Waals surface area contributed by atoms with Crippen LogP contribution in [-0.4, -0.2) is 16.1 Å². The molecule has 0 aliphatic rings. The van der Waals surface area contributed by atoms with Crippen molar-refractivity contribution in [2.45, 2.75) is 6.92 Å². The summed E-state index contributed by atoms with van der Waals surface area (Å²) in [4.78, 5) is 24.0. The maximum Gasteiger partial charge on any atom is 0.337 e. The van der Waals surface area contributed by atoms with E-state index >= 15 is 0 Å². The number of hydrogen-bond donors (Lipinski definition) is 2. The highest BCUT2D eigenvalue weighted by Crippen LogP contribution is 2.03. The lowest BCUT2D eigenvalue weighted by atomic mass is 10.1. The van der Waals surface area contributed by atoms with Gasteiger partial charge in [-0.15, -0.1) is 0 Å². The molecule has 1 aromatic heterocycles. The Morgan fingerprint density at radius 1 is 1.69 bits per heavy atom. The van der Waals surface area contributed by atoms with Crippen LogP contribution < -0.4 is 5.56 Å². The molecule has 5 nitrogen and oxygen atoms in total. The lowest BCUT2D eigenvalue weighted by Gasteiger charge is -1.98. The van der Waals surface area contributed by atoms with Gasteiger partial charge in [-0.1, -0.05) is 0 Å². The van der Waals surface area contributed by atoms with Gasteiger partial charge in [-0.3, -0.25) is 4.79 Å². The molecular formula is C8H6N2O3. The van der Waals surface area contributed by atoms with Crippen LogP contribution in [0.4, 0.5) is 0 Å². The number of aromatic carboxylic acids is 1. The molecule has 0 amide bonds. The number of carbonyl (C=O) groups is 1. The van der Waals surface area contributed by atoms with Crippen LogP contribution in [-0.2, 0) is 0 Å². The van der Waals surface area contributed by atoms with E-state index in [1.54, 1.807) is 13.0 Å². The molecule has 0 aliphatic heterocycles. The van der Waals surface area contributed by atoms with Crippen molar-refractivity contribution in [1.29, 1.82) is 5.26 Å². The predicted octanol–water partition coefficient (Wildman–Crippen LogP) is 0.253. The zero-order chi connectivity index (χ0) is 10.0. The summed E-state index contributed by atoms with van der Waals surface area (Å²) in [5, 5.41) is 17.1. The molecule has 0 atom stereocenters. The van der Waals surface area contributed by atoms with Crippen molar-refractivity contribution in [2.24, 2.45) is 0 Å². The first-order valence-corrected chi connectivity index (χ1v) is 3.43. The van der Waals surface area contributed by atoms with Gasteiger partial charge >= 0.3 is 5.97 Å². The van der Waals surface area contributed by atoms with Crippen molar-refractivity contribution in [3.63, 3.8) is 0 Å². The minimum atomic E-state index is -1.27. The summed E-state index contributed by atoms with van der Waals surface area (Å²) in [6, 6.07) is 2.80. The quantitative estimate of drug-likeness (QED) is 0.644. The number of nitriles is 1. The number of H-pyrrole nitrogens is 1. The number of carboxylic acids is 1. The van der Waals surface area contributed by atoms with Crippen molar-refractivity contribution >= 4 is 5.97 Å². The largest absolute Gasteiger partial charge is 0.478 e. The number of hydrogen-bond acceptors (Lipinski definition) is 3. The highest BCUT2D eigenvalue weighted by molar-refractivity contribution is 5.90. The molecule has 0 aromatic carbocycles. The molecule has 1 aromatic rings. The Labute approximate surface area is 73.3 Å². The smallest absolute Gasteiger partial charge is 0.337 e. The van der Waals surface area contributed by atoms with Gasteiger partial charge in [-0.2, -0.15) is 5.26 Å². The molecule has 1 rings (SSSR count). The van der Waals surface area contributed by atoms with Crippen LogP contribution in [0.5, 0.6) is 0 Å².